The van der Waals surface area contributed by atoms with Gasteiger partial charge in [-0.2, -0.15) is 0 Å². The monoisotopic (exact) mass is 340 g/mol. The van der Waals surface area contributed by atoms with Crippen LogP contribution >= 0.6 is 0 Å². The minimum atomic E-state index is -0.544. The molecule has 0 atom stereocenters. The van der Waals surface area contributed by atoms with Gasteiger partial charge < -0.3 is 0 Å². The molecule has 0 radical (unpaired) electrons. The number of nitro benzene ring substituents is 1. The Hall–Kier alpha value is -0.645. The molecule has 0 amide bonds. The molecule has 5 heteroatoms. The predicted molar refractivity (Wildman–Crippen MR) is 34.4 cm³/mol. The van der Waals surface area contributed by atoms with Crippen molar-refractivity contribution in [2.24, 2.45) is 0 Å². The fraction of sp³-hybridized carbons (Fsp3) is 0. The van der Waals surface area contributed by atoms with Crippen LogP contribution in [0.5, 0.6) is 5.75 Å². The summed E-state index contributed by atoms with van der Waals surface area (Å²) in [6, 6.07) is 4.61. The molecule has 11 heavy (non-hydrogen) atoms. The summed E-state index contributed by atoms with van der Waals surface area (Å²) in [7, 11) is 0. The zero-order valence-electron chi connectivity index (χ0n) is 5.65. The van der Waals surface area contributed by atoms with Gasteiger partial charge in [-0.15, -0.1) is 0 Å². The van der Waals surface area contributed by atoms with Gasteiger partial charge in [-0.3, -0.25) is 0 Å². The Kier molecular flexibility index (Phi) is 2.43. The maximum atomic E-state index is 10.3. The summed E-state index contributed by atoms with van der Waals surface area (Å²) in [5.41, 5.74) is -0.129. The second-order valence-electron chi connectivity index (χ2n) is 2.04. The molecule has 0 aliphatic heterocycles. The van der Waals surface area contributed by atoms with Gasteiger partial charge in [-0.1, -0.05) is 0 Å². The first kappa shape index (κ1) is 8.45. The van der Waals surface area contributed by atoms with Gasteiger partial charge in [0.1, 0.15) is 0 Å². The molecule has 1 aromatic carbocycles. The van der Waals surface area contributed by atoms with Crippen LogP contribution in [0.4, 0.5) is 5.69 Å². The Labute approximate surface area is 79.0 Å². The van der Waals surface area contributed by atoms with E-state index in [9.17, 15) is 10.1 Å². The number of phenols is 1. The van der Waals surface area contributed by atoms with Crippen LogP contribution in [0.1, 0.15) is 0 Å². The molecule has 0 aliphatic rings. The summed E-state index contributed by atoms with van der Waals surface area (Å²) < 4.78 is 0.662. The number of nitro groups is 1. The third-order valence-corrected chi connectivity index (χ3v) is 3.50. The molecule has 0 spiro atoms. The van der Waals surface area contributed by atoms with Gasteiger partial charge in [0, 0.05) is 0 Å². The summed E-state index contributed by atoms with van der Waals surface area (Å²) >= 11 is 0.166. The van der Waals surface area contributed by atoms with Gasteiger partial charge in [0.2, 0.25) is 0 Å². The Bertz CT molecular complexity index is 280. The summed E-state index contributed by atoms with van der Waals surface area (Å²) in [6.45, 7) is 0. The number of para-hydroxylation sites is 1. The van der Waals surface area contributed by atoms with Crippen molar-refractivity contribution in [1.82, 2.24) is 0 Å². The Morgan fingerprint density at radius 2 is 2.18 bits per heavy atom. The van der Waals surface area contributed by atoms with E-state index in [1.165, 1.54) is 6.07 Å². The fourth-order valence-corrected chi connectivity index (χ4v) is 2.52. The molecular formula is C6H4HgNO3. The van der Waals surface area contributed by atoms with E-state index in [0.717, 1.165) is 0 Å². The normalized spacial score (nSPS) is 9.64. The van der Waals surface area contributed by atoms with Crippen molar-refractivity contribution in [2.75, 3.05) is 0 Å². The zero-order chi connectivity index (χ0) is 8.43. The van der Waals surface area contributed by atoms with Crippen LogP contribution in [0, 0.1) is 10.1 Å². The third-order valence-electron chi connectivity index (χ3n) is 1.28. The van der Waals surface area contributed by atoms with Gasteiger partial charge in [0.15, 0.2) is 0 Å². The van der Waals surface area contributed by atoms with E-state index < -0.39 is 4.92 Å². The topological polar surface area (TPSA) is 63.4 Å². The van der Waals surface area contributed by atoms with Gasteiger partial charge in [-0.05, 0) is 0 Å². The number of hydrogen-bond donors (Lipinski definition) is 1. The minimum absolute atomic E-state index is 0.129. The van der Waals surface area contributed by atoms with Gasteiger partial charge in [0.25, 0.3) is 0 Å². The molecule has 1 rings (SSSR count). The summed E-state index contributed by atoms with van der Waals surface area (Å²) in [4.78, 5) is 9.78. The molecule has 0 aliphatic carbocycles. The molecule has 0 unspecified atom stereocenters. The molecule has 0 fully saturated rings. The molecule has 0 saturated heterocycles. The Balaban J connectivity index is 3.32. The Morgan fingerprint density at radius 1 is 1.55 bits per heavy atom. The number of phenolic OH excluding ortho intramolecular Hbond substituents is 1. The van der Waals surface area contributed by atoms with E-state index >= 15 is 0 Å². The van der Waals surface area contributed by atoms with Crippen molar-refractivity contribution in [3.8, 4) is 5.75 Å². The Morgan fingerprint density at radius 3 is 2.55 bits per heavy atom. The summed E-state index contributed by atoms with van der Waals surface area (Å²) in [5, 5.41) is 19.4. The van der Waals surface area contributed by atoms with E-state index in [-0.39, 0.29) is 37.6 Å². The maximum absolute atomic E-state index is 10.3. The first-order valence-corrected chi connectivity index (χ1v) is 5.66. The quantitative estimate of drug-likeness (QED) is 0.460. The average Bonchev–Trinajstić information content (AvgIpc) is 1.85. The number of nitrogens with zero attached hydrogens (tertiary/aromatic N) is 1. The van der Waals surface area contributed by atoms with Gasteiger partial charge in [-0.25, -0.2) is 0 Å². The van der Waals surface area contributed by atoms with Gasteiger partial charge >= 0.3 is 79.0 Å². The van der Waals surface area contributed by atoms with E-state index in [1.54, 1.807) is 12.1 Å². The zero-order valence-corrected chi connectivity index (χ0v) is 11.1. The van der Waals surface area contributed by atoms with Crippen LogP contribution in [0.3, 0.4) is 0 Å². The van der Waals surface area contributed by atoms with E-state index in [1.807, 2.05) is 0 Å². The standard InChI is InChI=1S/C6H4NO3.Hg/c8-6-4-2-1-3-5(6)7(9)10;/h1-2,4,8H;. The molecule has 4 nitrogen and oxygen atoms in total. The van der Waals surface area contributed by atoms with Crippen LogP contribution in [-0.2, 0) is 26.1 Å². The van der Waals surface area contributed by atoms with Crippen molar-refractivity contribution >= 4 is 8.76 Å². The van der Waals surface area contributed by atoms with Gasteiger partial charge in [0.05, 0.1) is 0 Å². The second kappa shape index (κ2) is 3.17. The average molecular weight is 339 g/mol. The molecule has 0 bridgehead atoms. The van der Waals surface area contributed by atoms with Crippen LogP contribution in [0.2, 0.25) is 0 Å². The van der Waals surface area contributed by atoms with Crippen molar-refractivity contribution in [3.05, 3.63) is 28.3 Å². The van der Waals surface area contributed by atoms with Crippen molar-refractivity contribution in [1.29, 1.82) is 0 Å². The molecule has 1 aromatic rings. The first-order chi connectivity index (χ1) is 5.13. The first-order valence-electron chi connectivity index (χ1n) is 2.91. The molecule has 0 aromatic heterocycles. The van der Waals surface area contributed by atoms with Crippen molar-refractivity contribution < 1.29 is 36.2 Å². The van der Waals surface area contributed by atoms with Crippen molar-refractivity contribution in [2.45, 2.75) is 0 Å². The number of benzene rings is 1. The second-order valence-corrected chi connectivity index (χ2v) is 5.00. The predicted octanol–water partition coefficient (Wildman–Crippen LogP) is 0.472. The molecule has 0 saturated carbocycles. The summed E-state index contributed by atoms with van der Waals surface area (Å²) in [6.07, 6.45) is 0. The molecule has 0 heterocycles. The van der Waals surface area contributed by atoms with E-state index in [2.05, 4.69) is 0 Å². The van der Waals surface area contributed by atoms with Crippen molar-refractivity contribution in [3.63, 3.8) is 0 Å². The van der Waals surface area contributed by atoms with Crippen LogP contribution in [0.25, 0.3) is 0 Å². The molecular weight excluding hydrogens is 335 g/mol. The van der Waals surface area contributed by atoms with Crippen LogP contribution in [-0.4, -0.2) is 10.0 Å². The third kappa shape index (κ3) is 1.68. The summed E-state index contributed by atoms with van der Waals surface area (Å²) in [5.74, 6) is -0.234. The van der Waals surface area contributed by atoms with Crippen LogP contribution in [0.15, 0.2) is 18.2 Å². The number of aromatic hydroxyl groups is 1. The molecule has 1 N–H and O–H groups in total. The number of rotatable bonds is 1. The fourth-order valence-electron chi connectivity index (χ4n) is 0.789. The number of hydrogen-bond acceptors (Lipinski definition) is 3. The van der Waals surface area contributed by atoms with Crippen LogP contribution < -0.4 is 3.07 Å². The van der Waals surface area contributed by atoms with E-state index in [0.29, 0.717) is 3.07 Å². The van der Waals surface area contributed by atoms with E-state index in [4.69, 9.17) is 5.11 Å². The molecule has 53 valence electrons. The SMILES string of the molecule is O=[N+]([O-])c1c(O)ccc[c]1[Hg].